The molecule has 5 nitrogen and oxygen atoms in total. The Morgan fingerprint density at radius 1 is 1.42 bits per heavy atom. The zero-order chi connectivity index (χ0) is 14.2. The smallest absolute Gasteiger partial charge is 0.331 e. The summed E-state index contributed by atoms with van der Waals surface area (Å²) in [6.07, 6.45) is 1.38. The standard InChI is InChI=1S/C13H10ClNO4/c1-7(13(18)19)4-5-15-10-6-8(14)2-3-9(10)11(16)12(15)17/h2-4,6H,5H2,1H3,(H,18,19). The number of carboxylic acids is 1. The van der Waals surface area contributed by atoms with Gasteiger partial charge in [-0.2, -0.15) is 0 Å². The van der Waals surface area contributed by atoms with Gasteiger partial charge in [0.25, 0.3) is 11.7 Å². The first-order valence-corrected chi connectivity index (χ1v) is 5.85. The molecule has 0 atom stereocenters. The molecule has 0 aliphatic carbocycles. The van der Waals surface area contributed by atoms with Crippen molar-refractivity contribution in [3.63, 3.8) is 0 Å². The lowest BCUT2D eigenvalue weighted by atomic mass is 10.1. The summed E-state index contributed by atoms with van der Waals surface area (Å²) in [4.78, 5) is 35.4. The predicted molar refractivity (Wildman–Crippen MR) is 69.5 cm³/mol. The fourth-order valence-corrected chi connectivity index (χ4v) is 1.93. The summed E-state index contributed by atoms with van der Waals surface area (Å²) >= 11 is 5.84. The maximum absolute atomic E-state index is 11.8. The van der Waals surface area contributed by atoms with Gasteiger partial charge in [-0.05, 0) is 25.1 Å². The lowest BCUT2D eigenvalue weighted by molar-refractivity contribution is -0.132. The number of halogens is 1. The van der Waals surface area contributed by atoms with Gasteiger partial charge in [0.2, 0.25) is 0 Å². The molecular formula is C13H10ClNO4. The van der Waals surface area contributed by atoms with Gasteiger partial charge >= 0.3 is 5.97 Å². The average molecular weight is 280 g/mol. The highest BCUT2D eigenvalue weighted by Gasteiger charge is 2.35. The summed E-state index contributed by atoms with van der Waals surface area (Å²) in [5.41, 5.74) is 0.809. The number of anilines is 1. The molecule has 1 aliphatic heterocycles. The zero-order valence-corrected chi connectivity index (χ0v) is 10.8. The second-order valence-corrected chi connectivity index (χ2v) is 4.54. The minimum atomic E-state index is -1.07. The number of ketones is 1. The molecule has 0 fully saturated rings. The van der Waals surface area contributed by atoms with E-state index in [0.29, 0.717) is 10.7 Å². The second kappa shape index (κ2) is 4.85. The van der Waals surface area contributed by atoms with E-state index < -0.39 is 17.7 Å². The summed E-state index contributed by atoms with van der Waals surface area (Å²) in [6.45, 7) is 1.44. The Kier molecular flexibility index (Phi) is 3.40. The van der Waals surface area contributed by atoms with E-state index in [2.05, 4.69) is 0 Å². The van der Waals surface area contributed by atoms with Crippen molar-refractivity contribution in [3.05, 3.63) is 40.4 Å². The first-order chi connectivity index (χ1) is 8.91. The van der Waals surface area contributed by atoms with Crippen LogP contribution in [-0.4, -0.2) is 29.3 Å². The Morgan fingerprint density at radius 2 is 2.11 bits per heavy atom. The number of benzene rings is 1. The van der Waals surface area contributed by atoms with E-state index >= 15 is 0 Å². The molecule has 19 heavy (non-hydrogen) atoms. The highest BCUT2D eigenvalue weighted by Crippen LogP contribution is 2.31. The lowest BCUT2D eigenvalue weighted by Crippen LogP contribution is -2.30. The van der Waals surface area contributed by atoms with Crippen LogP contribution in [0.1, 0.15) is 17.3 Å². The summed E-state index contributed by atoms with van der Waals surface area (Å²) in [6, 6.07) is 4.54. The Balaban J connectivity index is 2.36. The van der Waals surface area contributed by atoms with Crippen LogP contribution in [0.5, 0.6) is 0 Å². The van der Waals surface area contributed by atoms with Gasteiger partial charge in [0.15, 0.2) is 0 Å². The van der Waals surface area contributed by atoms with Crippen LogP contribution >= 0.6 is 11.6 Å². The number of carboxylic acid groups (broad SMARTS) is 1. The average Bonchev–Trinajstić information content (AvgIpc) is 2.59. The lowest BCUT2D eigenvalue weighted by Gasteiger charge is -2.14. The van der Waals surface area contributed by atoms with Crippen molar-refractivity contribution in [2.24, 2.45) is 0 Å². The first kappa shape index (κ1) is 13.3. The minimum Gasteiger partial charge on any atom is -0.478 e. The van der Waals surface area contributed by atoms with E-state index in [1.54, 1.807) is 0 Å². The third-order valence-electron chi connectivity index (χ3n) is 2.85. The van der Waals surface area contributed by atoms with Crippen LogP contribution in [0, 0.1) is 0 Å². The Labute approximate surface area is 114 Å². The Bertz CT molecular complexity index is 621. The molecule has 0 spiro atoms. The summed E-state index contributed by atoms with van der Waals surface area (Å²) in [5.74, 6) is -2.34. The van der Waals surface area contributed by atoms with Gasteiger partial charge in [-0.3, -0.25) is 9.59 Å². The van der Waals surface area contributed by atoms with Crippen LogP contribution in [0.2, 0.25) is 5.02 Å². The topological polar surface area (TPSA) is 74.7 Å². The van der Waals surface area contributed by atoms with Crippen molar-refractivity contribution >= 4 is 34.9 Å². The van der Waals surface area contributed by atoms with E-state index in [9.17, 15) is 14.4 Å². The van der Waals surface area contributed by atoms with Crippen molar-refractivity contribution in [2.45, 2.75) is 6.92 Å². The van der Waals surface area contributed by atoms with E-state index in [1.807, 2.05) is 0 Å². The number of nitrogens with zero attached hydrogens (tertiary/aromatic N) is 1. The third kappa shape index (κ3) is 2.37. The number of Topliss-reactive ketones (excluding diaryl/α,β-unsaturated/α-hetero) is 1. The second-order valence-electron chi connectivity index (χ2n) is 4.10. The number of hydrogen-bond donors (Lipinski definition) is 1. The highest BCUT2D eigenvalue weighted by molar-refractivity contribution is 6.52. The largest absolute Gasteiger partial charge is 0.478 e. The van der Waals surface area contributed by atoms with Crippen LogP contribution < -0.4 is 4.90 Å². The van der Waals surface area contributed by atoms with Gasteiger partial charge in [0.05, 0.1) is 11.3 Å². The normalized spacial score (nSPS) is 14.8. The van der Waals surface area contributed by atoms with Crippen molar-refractivity contribution in [1.29, 1.82) is 0 Å². The molecule has 1 aromatic rings. The van der Waals surface area contributed by atoms with E-state index in [4.69, 9.17) is 16.7 Å². The highest BCUT2D eigenvalue weighted by atomic mass is 35.5. The van der Waals surface area contributed by atoms with Gasteiger partial charge < -0.3 is 10.0 Å². The Hall–Kier alpha value is -2.14. The number of rotatable bonds is 3. The molecular weight excluding hydrogens is 270 g/mol. The summed E-state index contributed by atoms with van der Waals surface area (Å²) < 4.78 is 0. The molecule has 6 heteroatoms. The SMILES string of the molecule is CC(=CCN1C(=O)C(=O)c2ccc(Cl)cc21)C(=O)O. The Morgan fingerprint density at radius 3 is 2.74 bits per heavy atom. The van der Waals surface area contributed by atoms with E-state index in [-0.39, 0.29) is 17.7 Å². The maximum Gasteiger partial charge on any atom is 0.331 e. The van der Waals surface area contributed by atoms with Gasteiger partial charge in [-0.15, -0.1) is 0 Å². The molecule has 1 amide bonds. The first-order valence-electron chi connectivity index (χ1n) is 5.47. The number of fused-ring (bicyclic) bond motifs is 1. The van der Waals surface area contributed by atoms with E-state index in [0.717, 1.165) is 0 Å². The quantitative estimate of drug-likeness (QED) is 0.677. The van der Waals surface area contributed by atoms with Crippen LogP contribution in [0.3, 0.4) is 0 Å². The number of hydrogen-bond acceptors (Lipinski definition) is 3. The molecule has 2 rings (SSSR count). The zero-order valence-electron chi connectivity index (χ0n) is 10.0. The molecule has 1 heterocycles. The molecule has 1 aromatic carbocycles. The predicted octanol–water partition coefficient (Wildman–Crippen LogP) is 1.90. The monoisotopic (exact) mass is 279 g/mol. The fourth-order valence-electron chi connectivity index (χ4n) is 1.76. The van der Waals surface area contributed by atoms with Crippen molar-refractivity contribution in [3.8, 4) is 0 Å². The van der Waals surface area contributed by atoms with Crippen molar-refractivity contribution < 1.29 is 19.5 Å². The molecule has 1 N–H and O–H groups in total. The molecule has 0 radical (unpaired) electrons. The van der Waals surface area contributed by atoms with Crippen LogP contribution in [0.25, 0.3) is 0 Å². The van der Waals surface area contributed by atoms with Gasteiger partial charge in [-0.1, -0.05) is 17.7 Å². The molecule has 0 unspecified atom stereocenters. The minimum absolute atomic E-state index is 0.0239. The van der Waals surface area contributed by atoms with Crippen LogP contribution in [0.15, 0.2) is 29.8 Å². The third-order valence-corrected chi connectivity index (χ3v) is 3.09. The number of aliphatic carboxylic acids is 1. The van der Waals surface area contributed by atoms with Gasteiger partial charge in [0.1, 0.15) is 0 Å². The molecule has 0 aromatic heterocycles. The summed E-state index contributed by atoms with van der Waals surface area (Å²) in [7, 11) is 0. The molecule has 1 aliphatic rings. The number of carbonyl (C=O) groups is 3. The fraction of sp³-hybridized carbons (Fsp3) is 0.154. The summed E-state index contributed by atoms with van der Waals surface area (Å²) in [5, 5.41) is 9.16. The van der Waals surface area contributed by atoms with Crippen LogP contribution in [-0.2, 0) is 9.59 Å². The molecule has 0 saturated carbocycles. The maximum atomic E-state index is 11.8. The number of amides is 1. The van der Waals surface area contributed by atoms with Crippen molar-refractivity contribution in [1.82, 2.24) is 0 Å². The van der Waals surface area contributed by atoms with Gasteiger partial charge in [0, 0.05) is 17.1 Å². The molecule has 98 valence electrons. The number of carbonyl (C=O) groups excluding carboxylic acids is 2. The van der Waals surface area contributed by atoms with Crippen LogP contribution in [0.4, 0.5) is 5.69 Å². The molecule has 0 saturated heterocycles. The van der Waals surface area contributed by atoms with Crippen molar-refractivity contribution in [2.75, 3.05) is 11.4 Å². The molecule has 0 bridgehead atoms. The van der Waals surface area contributed by atoms with E-state index in [1.165, 1.54) is 36.1 Å². The van der Waals surface area contributed by atoms with Gasteiger partial charge in [-0.25, -0.2) is 4.79 Å².